The molecule has 0 aliphatic carbocycles. The molecule has 0 amide bonds. The largest absolute Gasteiger partial charge is 0.416 e. The third-order valence-electron chi connectivity index (χ3n) is 4.49. The van der Waals surface area contributed by atoms with Gasteiger partial charge in [-0.1, -0.05) is 29.5 Å². The maximum atomic E-state index is 13.0. The number of nitro benzene ring substituents is 1. The van der Waals surface area contributed by atoms with Crippen molar-refractivity contribution in [3.05, 3.63) is 89.5 Å². The fourth-order valence-electron chi connectivity index (χ4n) is 3.03. The Labute approximate surface area is 170 Å². The number of non-ortho nitro benzene ring substituents is 1. The highest BCUT2D eigenvalue weighted by molar-refractivity contribution is 7.07. The van der Waals surface area contributed by atoms with E-state index < -0.39 is 16.7 Å². The molecule has 1 aliphatic rings. The van der Waals surface area contributed by atoms with Gasteiger partial charge in [-0.05, 0) is 29.8 Å². The predicted molar refractivity (Wildman–Crippen MR) is 105 cm³/mol. The summed E-state index contributed by atoms with van der Waals surface area (Å²) in [6, 6.07) is 10.7. The lowest BCUT2D eigenvalue weighted by Crippen LogP contribution is -2.42. The topological polar surface area (TPSA) is 80.7 Å². The Morgan fingerprint density at radius 2 is 1.93 bits per heavy atom. The zero-order valence-corrected chi connectivity index (χ0v) is 16.0. The van der Waals surface area contributed by atoms with Crippen molar-refractivity contribution in [2.45, 2.75) is 12.8 Å². The van der Waals surface area contributed by atoms with Crippen molar-refractivity contribution >= 4 is 28.8 Å². The molecule has 11 heteroatoms. The monoisotopic (exact) mass is 434 g/mol. The van der Waals surface area contributed by atoms with Crippen LogP contribution in [0.2, 0.25) is 0 Å². The molecular weight excluding hydrogens is 421 g/mol. The first-order valence-electron chi connectivity index (χ1n) is 8.65. The summed E-state index contributed by atoms with van der Waals surface area (Å²) in [6.45, 7) is 0.162. The summed E-state index contributed by atoms with van der Waals surface area (Å²) in [6.07, 6.45) is -2.93. The van der Waals surface area contributed by atoms with Crippen LogP contribution in [0.5, 0.6) is 0 Å². The lowest BCUT2D eigenvalue weighted by atomic mass is 10.2. The number of halogens is 3. The molecule has 0 saturated heterocycles. The molecule has 30 heavy (non-hydrogen) atoms. The van der Waals surface area contributed by atoms with Crippen molar-refractivity contribution < 1.29 is 18.1 Å². The van der Waals surface area contributed by atoms with Crippen LogP contribution in [-0.4, -0.2) is 16.2 Å². The summed E-state index contributed by atoms with van der Waals surface area (Å²) < 4.78 is 40.7. The van der Waals surface area contributed by atoms with Gasteiger partial charge in [-0.25, -0.2) is 4.99 Å². The van der Waals surface area contributed by atoms with Crippen molar-refractivity contribution in [2.75, 3.05) is 11.6 Å². The van der Waals surface area contributed by atoms with E-state index in [4.69, 9.17) is 0 Å². The Morgan fingerprint density at radius 3 is 2.67 bits per heavy atom. The molecule has 154 valence electrons. The Hall–Kier alpha value is -3.47. The Balaban J connectivity index is 1.68. The second-order valence-corrected chi connectivity index (χ2v) is 7.52. The van der Waals surface area contributed by atoms with Crippen LogP contribution in [0.1, 0.15) is 11.1 Å². The minimum absolute atomic E-state index is 0.0538. The van der Waals surface area contributed by atoms with Crippen LogP contribution >= 0.6 is 11.3 Å². The summed E-state index contributed by atoms with van der Waals surface area (Å²) in [5.74, 6) is 0. The number of rotatable bonds is 3. The lowest BCUT2D eigenvalue weighted by Gasteiger charge is -2.26. The Kier molecular flexibility index (Phi) is 4.90. The van der Waals surface area contributed by atoms with E-state index in [-0.39, 0.29) is 24.6 Å². The van der Waals surface area contributed by atoms with E-state index in [1.165, 1.54) is 41.0 Å². The molecule has 4 rings (SSSR count). The fraction of sp³-hybridized carbons (Fsp3) is 0.158. The molecule has 1 aromatic heterocycles. The van der Waals surface area contributed by atoms with E-state index in [0.29, 0.717) is 20.6 Å². The van der Waals surface area contributed by atoms with Crippen LogP contribution in [0, 0.1) is 10.1 Å². The van der Waals surface area contributed by atoms with Crippen LogP contribution < -0.4 is 19.8 Å². The van der Waals surface area contributed by atoms with Gasteiger partial charge >= 0.3 is 6.18 Å². The van der Waals surface area contributed by atoms with Gasteiger partial charge in [0.1, 0.15) is 13.3 Å². The predicted octanol–water partition coefficient (Wildman–Crippen LogP) is 2.72. The van der Waals surface area contributed by atoms with E-state index in [1.54, 1.807) is 11.0 Å². The molecule has 0 radical (unpaired) electrons. The zero-order valence-electron chi connectivity index (χ0n) is 15.2. The Bertz CT molecular complexity index is 1310. The van der Waals surface area contributed by atoms with Gasteiger partial charge in [-0.3, -0.25) is 19.5 Å². The molecule has 0 spiro atoms. The smallest absolute Gasteiger partial charge is 0.334 e. The van der Waals surface area contributed by atoms with Crippen LogP contribution in [0.3, 0.4) is 0 Å². The average molecular weight is 434 g/mol. The quantitative estimate of drug-likeness (QED) is 0.469. The van der Waals surface area contributed by atoms with Crippen molar-refractivity contribution in [1.82, 2.24) is 4.57 Å². The maximum Gasteiger partial charge on any atom is 0.416 e. The number of benzene rings is 2. The number of nitrogens with zero attached hydrogens (tertiary/aromatic N) is 4. The van der Waals surface area contributed by atoms with E-state index >= 15 is 0 Å². The van der Waals surface area contributed by atoms with Gasteiger partial charge < -0.3 is 4.90 Å². The van der Waals surface area contributed by atoms with Gasteiger partial charge in [0, 0.05) is 17.8 Å². The number of hydrogen-bond acceptors (Lipinski definition) is 6. The molecule has 1 aliphatic heterocycles. The fourth-order valence-corrected chi connectivity index (χ4v) is 4.00. The molecule has 0 unspecified atom stereocenters. The molecule has 0 N–H and O–H groups in total. The molecule has 0 fully saturated rings. The van der Waals surface area contributed by atoms with Crippen LogP contribution in [0.25, 0.3) is 6.08 Å². The van der Waals surface area contributed by atoms with Gasteiger partial charge in [0.2, 0.25) is 0 Å². The third-order valence-corrected chi connectivity index (χ3v) is 5.54. The molecule has 0 atom stereocenters. The third kappa shape index (κ3) is 3.83. The molecule has 2 aromatic carbocycles. The van der Waals surface area contributed by atoms with Gasteiger partial charge in [0.15, 0.2) is 4.80 Å². The van der Waals surface area contributed by atoms with Crippen LogP contribution in [0.15, 0.2) is 58.3 Å². The number of aromatic nitrogens is 1. The first-order valence-corrected chi connectivity index (χ1v) is 9.46. The first kappa shape index (κ1) is 19.8. The van der Waals surface area contributed by atoms with Gasteiger partial charge in [-0.15, -0.1) is 0 Å². The molecule has 0 saturated carbocycles. The van der Waals surface area contributed by atoms with Crippen LogP contribution in [0.4, 0.5) is 24.5 Å². The number of nitro groups is 1. The molecule has 0 bridgehead atoms. The van der Waals surface area contributed by atoms with Gasteiger partial charge in [-0.2, -0.15) is 13.2 Å². The highest BCUT2D eigenvalue weighted by atomic mass is 32.1. The normalized spacial score (nSPS) is 14.4. The number of alkyl halides is 3. The van der Waals surface area contributed by atoms with Gasteiger partial charge in [0.05, 0.1) is 15.0 Å². The zero-order chi connectivity index (χ0) is 21.5. The minimum Gasteiger partial charge on any atom is -0.334 e. The summed E-state index contributed by atoms with van der Waals surface area (Å²) >= 11 is 1.13. The molecular formula is C19H13F3N4O3S. The Morgan fingerprint density at radius 1 is 1.17 bits per heavy atom. The summed E-state index contributed by atoms with van der Waals surface area (Å²) in [5.41, 5.74) is -0.424. The number of thiazole rings is 1. The van der Waals surface area contributed by atoms with Crippen molar-refractivity contribution in [3.63, 3.8) is 0 Å². The first-order chi connectivity index (χ1) is 14.2. The molecule has 7 nitrogen and oxygen atoms in total. The number of anilines is 1. The van der Waals surface area contributed by atoms with Crippen molar-refractivity contribution in [2.24, 2.45) is 4.99 Å². The average Bonchev–Trinajstić information content (AvgIpc) is 3.02. The second-order valence-electron chi connectivity index (χ2n) is 6.51. The van der Waals surface area contributed by atoms with E-state index in [2.05, 4.69) is 4.99 Å². The minimum atomic E-state index is -4.46. The van der Waals surface area contributed by atoms with E-state index in [1.807, 2.05) is 0 Å². The van der Waals surface area contributed by atoms with Gasteiger partial charge in [0.25, 0.3) is 11.2 Å². The van der Waals surface area contributed by atoms with Crippen molar-refractivity contribution in [3.8, 4) is 0 Å². The standard InChI is InChI=1S/C19H13F3N4O3S/c20-19(21,22)13-4-2-5-14(9-13)24-10-23-18-25(11-24)17(27)16(30-18)8-12-3-1-6-15(7-12)26(28)29/h1-9H,10-11H2. The molecule has 3 aromatic rings. The number of fused-ring (bicyclic) bond motifs is 1. The molecule has 2 heterocycles. The van der Waals surface area contributed by atoms with E-state index in [9.17, 15) is 28.1 Å². The summed E-state index contributed by atoms with van der Waals surface area (Å²) in [4.78, 5) is 29.5. The lowest BCUT2D eigenvalue weighted by molar-refractivity contribution is -0.384. The number of hydrogen-bond donors (Lipinski definition) is 0. The SMILES string of the molecule is O=c1c(=Cc2cccc([N+](=O)[O-])c2)sc2n1CN(c1cccc(C(F)(F)F)c1)CN=2. The highest BCUT2D eigenvalue weighted by Crippen LogP contribution is 2.31. The van der Waals surface area contributed by atoms with Crippen molar-refractivity contribution in [1.29, 1.82) is 0 Å². The second kappa shape index (κ2) is 7.41. The highest BCUT2D eigenvalue weighted by Gasteiger charge is 2.31. The van der Waals surface area contributed by atoms with E-state index in [0.717, 1.165) is 23.5 Å². The summed E-state index contributed by atoms with van der Waals surface area (Å²) in [7, 11) is 0. The summed E-state index contributed by atoms with van der Waals surface area (Å²) in [5, 5.41) is 10.9. The maximum absolute atomic E-state index is 13.0. The van der Waals surface area contributed by atoms with Crippen LogP contribution in [-0.2, 0) is 12.8 Å².